The lowest BCUT2D eigenvalue weighted by atomic mass is 9.79. The summed E-state index contributed by atoms with van der Waals surface area (Å²) in [5.41, 5.74) is -0.0803. The third kappa shape index (κ3) is 2.54. The second-order valence-corrected chi connectivity index (χ2v) is 6.52. The van der Waals surface area contributed by atoms with Crippen LogP contribution in [0.1, 0.15) is 27.7 Å². The van der Waals surface area contributed by atoms with Crippen LogP contribution in [0.4, 0.5) is 0 Å². The molecule has 1 fully saturated rings. The standard InChI is InChI=1S/C13H19BBrNO4/c1-12(2)13(3,4)20-14(19-12)8-7-9(15)11(18-6)16-10(8)17-5/h7H,1-6H3. The van der Waals surface area contributed by atoms with E-state index in [0.29, 0.717) is 11.8 Å². The second kappa shape index (κ2) is 5.20. The summed E-state index contributed by atoms with van der Waals surface area (Å²) in [7, 11) is 2.59. The molecular weight excluding hydrogens is 325 g/mol. The summed E-state index contributed by atoms with van der Waals surface area (Å²) in [6.07, 6.45) is 0. The number of nitrogens with zero attached hydrogens (tertiary/aromatic N) is 1. The number of aromatic nitrogens is 1. The van der Waals surface area contributed by atoms with Crippen molar-refractivity contribution in [1.29, 1.82) is 0 Å². The lowest BCUT2D eigenvalue weighted by molar-refractivity contribution is 0.00578. The minimum Gasteiger partial charge on any atom is -0.481 e. The SMILES string of the molecule is COc1nc(OC)c(B2OC(C)(C)C(C)(C)O2)cc1Br. The van der Waals surface area contributed by atoms with Crippen molar-refractivity contribution < 1.29 is 18.8 Å². The molecule has 0 N–H and O–H groups in total. The van der Waals surface area contributed by atoms with Gasteiger partial charge in [-0.05, 0) is 49.7 Å². The average molecular weight is 344 g/mol. The lowest BCUT2D eigenvalue weighted by Gasteiger charge is -2.32. The number of methoxy groups -OCH3 is 2. The highest BCUT2D eigenvalue weighted by Crippen LogP contribution is 2.37. The smallest absolute Gasteiger partial charge is 0.481 e. The van der Waals surface area contributed by atoms with Gasteiger partial charge in [0.15, 0.2) is 0 Å². The van der Waals surface area contributed by atoms with Gasteiger partial charge in [-0.15, -0.1) is 0 Å². The molecule has 0 unspecified atom stereocenters. The zero-order valence-corrected chi connectivity index (χ0v) is 14.2. The predicted octanol–water partition coefficient (Wildman–Crippen LogP) is 2.16. The Morgan fingerprint density at radius 2 is 1.55 bits per heavy atom. The van der Waals surface area contributed by atoms with Gasteiger partial charge in [0.05, 0.1) is 29.9 Å². The van der Waals surface area contributed by atoms with Crippen LogP contribution in [0.2, 0.25) is 0 Å². The van der Waals surface area contributed by atoms with E-state index in [1.54, 1.807) is 14.2 Å². The molecule has 0 bridgehead atoms. The normalized spacial score (nSPS) is 20.1. The highest BCUT2D eigenvalue weighted by atomic mass is 79.9. The molecule has 2 rings (SSSR count). The van der Waals surface area contributed by atoms with Crippen LogP contribution >= 0.6 is 15.9 Å². The zero-order chi connectivity index (χ0) is 15.1. The van der Waals surface area contributed by atoms with E-state index in [-0.39, 0.29) is 0 Å². The van der Waals surface area contributed by atoms with Gasteiger partial charge in [-0.1, -0.05) is 0 Å². The van der Waals surface area contributed by atoms with Gasteiger partial charge in [-0.25, -0.2) is 0 Å². The number of rotatable bonds is 3. The molecule has 5 nitrogen and oxygen atoms in total. The van der Waals surface area contributed by atoms with Gasteiger partial charge in [0.25, 0.3) is 0 Å². The van der Waals surface area contributed by atoms with Crippen molar-refractivity contribution in [1.82, 2.24) is 4.98 Å². The molecule has 0 amide bonds. The first kappa shape index (κ1) is 15.6. The monoisotopic (exact) mass is 343 g/mol. The van der Waals surface area contributed by atoms with E-state index in [0.717, 1.165) is 9.94 Å². The summed E-state index contributed by atoms with van der Waals surface area (Å²) in [6, 6.07) is 1.85. The molecule has 0 saturated carbocycles. The molecule has 0 spiro atoms. The first-order valence-corrected chi connectivity index (χ1v) is 7.15. The van der Waals surface area contributed by atoms with Gasteiger partial charge in [0.1, 0.15) is 0 Å². The van der Waals surface area contributed by atoms with Crippen molar-refractivity contribution in [2.45, 2.75) is 38.9 Å². The predicted molar refractivity (Wildman–Crippen MR) is 80.8 cm³/mol. The topological polar surface area (TPSA) is 49.8 Å². The molecule has 0 atom stereocenters. The van der Waals surface area contributed by atoms with Gasteiger partial charge in [-0.2, -0.15) is 4.98 Å². The minimum atomic E-state index is -0.523. The second-order valence-electron chi connectivity index (χ2n) is 5.67. The van der Waals surface area contributed by atoms with E-state index in [2.05, 4.69) is 20.9 Å². The van der Waals surface area contributed by atoms with Crippen LogP contribution in [0.25, 0.3) is 0 Å². The molecule has 0 radical (unpaired) electrons. The molecule has 0 aromatic carbocycles. The van der Waals surface area contributed by atoms with E-state index in [1.165, 1.54) is 0 Å². The summed E-state index contributed by atoms with van der Waals surface area (Å²) < 4.78 is 23.2. The molecule has 1 saturated heterocycles. The Morgan fingerprint density at radius 1 is 1.05 bits per heavy atom. The van der Waals surface area contributed by atoms with Gasteiger partial charge in [0.2, 0.25) is 11.8 Å². The van der Waals surface area contributed by atoms with Gasteiger partial charge >= 0.3 is 7.12 Å². The maximum absolute atomic E-state index is 6.02. The van der Waals surface area contributed by atoms with E-state index in [9.17, 15) is 0 Å². The van der Waals surface area contributed by atoms with Crippen molar-refractivity contribution in [3.63, 3.8) is 0 Å². The van der Waals surface area contributed by atoms with Crippen LogP contribution in [-0.2, 0) is 9.31 Å². The van der Waals surface area contributed by atoms with Crippen molar-refractivity contribution in [3.05, 3.63) is 10.5 Å². The van der Waals surface area contributed by atoms with E-state index in [1.807, 2.05) is 33.8 Å². The molecule has 1 aliphatic rings. The van der Waals surface area contributed by atoms with Crippen molar-refractivity contribution in [3.8, 4) is 11.8 Å². The van der Waals surface area contributed by atoms with Crippen molar-refractivity contribution >= 4 is 28.5 Å². The highest BCUT2D eigenvalue weighted by molar-refractivity contribution is 9.10. The lowest BCUT2D eigenvalue weighted by Crippen LogP contribution is -2.41. The number of ether oxygens (including phenoxy) is 2. The molecule has 1 aromatic heterocycles. The Labute approximate surface area is 128 Å². The Hall–Kier alpha value is -0.785. The van der Waals surface area contributed by atoms with Crippen LogP contribution in [-0.4, -0.2) is 37.5 Å². The van der Waals surface area contributed by atoms with Crippen molar-refractivity contribution in [2.24, 2.45) is 0 Å². The van der Waals surface area contributed by atoms with Gasteiger partial charge in [0, 0.05) is 5.46 Å². The zero-order valence-electron chi connectivity index (χ0n) is 12.6. The van der Waals surface area contributed by atoms with Gasteiger partial charge < -0.3 is 18.8 Å². The molecule has 1 aliphatic heterocycles. The number of hydrogen-bond acceptors (Lipinski definition) is 5. The number of pyridine rings is 1. The molecule has 7 heteroatoms. The minimum absolute atomic E-state index is 0.408. The molecular formula is C13H19BBrNO4. The quantitative estimate of drug-likeness (QED) is 0.787. The third-order valence-corrected chi connectivity index (χ3v) is 4.40. The fraction of sp³-hybridized carbons (Fsp3) is 0.615. The largest absolute Gasteiger partial charge is 0.500 e. The van der Waals surface area contributed by atoms with Crippen LogP contribution in [0.15, 0.2) is 10.5 Å². The molecule has 2 heterocycles. The maximum atomic E-state index is 6.02. The van der Waals surface area contributed by atoms with Crippen LogP contribution in [0.3, 0.4) is 0 Å². The highest BCUT2D eigenvalue weighted by Gasteiger charge is 2.52. The number of hydrogen-bond donors (Lipinski definition) is 0. The Bertz CT molecular complexity index is 505. The van der Waals surface area contributed by atoms with Crippen LogP contribution in [0.5, 0.6) is 11.8 Å². The fourth-order valence-electron chi connectivity index (χ4n) is 1.92. The summed E-state index contributed by atoms with van der Waals surface area (Å²) in [6.45, 7) is 8.02. The summed E-state index contributed by atoms with van der Waals surface area (Å²) in [5.74, 6) is 0.894. The van der Waals surface area contributed by atoms with E-state index in [4.69, 9.17) is 18.8 Å². The van der Waals surface area contributed by atoms with Crippen molar-refractivity contribution in [2.75, 3.05) is 14.2 Å². The number of halogens is 1. The molecule has 110 valence electrons. The van der Waals surface area contributed by atoms with Crippen LogP contribution < -0.4 is 14.9 Å². The maximum Gasteiger partial charge on any atom is 0.500 e. The summed E-state index contributed by atoms with van der Waals surface area (Å²) in [5, 5.41) is 0. The average Bonchev–Trinajstić information content (AvgIpc) is 2.58. The van der Waals surface area contributed by atoms with E-state index >= 15 is 0 Å². The Balaban J connectivity index is 2.42. The summed E-state index contributed by atoms with van der Waals surface area (Å²) in [4.78, 5) is 4.30. The van der Waals surface area contributed by atoms with Crippen LogP contribution in [0, 0.1) is 0 Å². The molecule has 20 heavy (non-hydrogen) atoms. The van der Waals surface area contributed by atoms with E-state index < -0.39 is 18.3 Å². The fourth-order valence-corrected chi connectivity index (χ4v) is 2.41. The first-order valence-electron chi connectivity index (χ1n) is 6.36. The summed E-state index contributed by atoms with van der Waals surface area (Å²) >= 11 is 3.42. The third-order valence-electron chi connectivity index (χ3n) is 3.83. The Morgan fingerprint density at radius 3 is 2.00 bits per heavy atom. The first-order chi connectivity index (χ1) is 9.21. The van der Waals surface area contributed by atoms with Gasteiger partial charge in [-0.3, -0.25) is 0 Å². The Kier molecular flexibility index (Phi) is 4.06. The molecule has 1 aromatic rings. The molecule has 0 aliphatic carbocycles.